The van der Waals surface area contributed by atoms with Crippen LogP contribution in [0.5, 0.6) is 5.75 Å². The van der Waals surface area contributed by atoms with Gasteiger partial charge in [0.1, 0.15) is 5.75 Å². The SMILES string of the molecule is CCc1ccc(OCC2CCCCC2)c(C(C)N)c1.Cl. The highest BCUT2D eigenvalue weighted by Gasteiger charge is 2.15. The van der Waals surface area contributed by atoms with E-state index in [9.17, 15) is 0 Å². The van der Waals surface area contributed by atoms with Crippen LogP contribution in [0.15, 0.2) is 18.2 Å². The molecule has 0 amide bonds. The number of hydrogen-bond donors (Lipinski definition) is 1. The molecule has 0 bridgehead atoms. The zero-order valence-corrected chi connectivity index (χ0v) is 13.5. The minimum absolute atomic E-state index is 0. The molecule has 1 aliphatic carbocycles. The van der Waals surface area contributed by atoms with Crippen LogP contribution in [0.2, 0.25) is 0 Å². The van der Waals surface area contributed by atoms with Gasteiger partial charge in [-0.15, -0.1) is 12.4 Å². The third-order valence-electron chi connectivity index (χ3n) is 4.17. The van der Waals surface area contributed by atoms with E-state index in [2.05, 4.69) is 25.1 Å². The highest BCUT2D eigenvalue weighted by atomic mass is 35.5. The molecule has 1 aliphatic rings. The summed E-state index contributed by atoms with van der Waals surface area (Å²) in [6, 6.07) is 6.48. The summed E-state index contributed by atoms with van der Waals surface area (Å²) in [4.78, 5) is 0. The van der Waals surface area contributed by atoms with Crippen LogP contribution in [0.1, 0.15) is 63.1 Å². The molecule has 114 valence electrons. The first-order chi connectivity index (χ1) is 9.20. The topological polar surface area (TPSA) is 35.2 Å². The molecular formula is C17H28ClNO. The predicted molar refractivity (Wildman–Crippen MR) is 87.7 cm³/mol. The molecule has 0 aromatic heterocycles. The van der Waals surface area contributed by atoms with Gasteiger partial charge in [-0.3, -0.25) is 0 Å². The Morgan fingerprint density at radius 1 is 1.25 bits per heavy atom. The molecule has 2 N–H and O–H groups in total. The van der Waals surface area contributed by atoms with E-state index in [-0.39, 0.29) is 18.4 Å². The van der Waals surface area contributed by atoms with Crippen molar-refractivity contribution < 1.29 is 4.74 Å². The van der Waals surface area contributed by atoms with Gasteiger partial charge >= 0.3 is 0 Å². The molecule has 2 rings (SSSR count). The lowest BCUT2D eigenvalue weighted by Crippen LogP contribution is -2.17. The summed E-state index contributed by atoms with van der Waals surface area (Å²) in [5.41, 5.74) is 8.55. The summed E-state index contributed by atoms with van der Waals surface area (Å²) >= 11 is 0. The first kappa shape index (κ1) is 17.3. The third kappa shape index (κ3) is 4.68. The molecular weight excluding hydrogens is 270 g/mol. The molecule has 0 radical (unpaired) electrons. The van der Waals surface area contributed by atoms with E-state index >= 15 is 0 Å². The molecule has 1 aromatic rings. The van der Waals surface area contributed by atoms with Crippen molar-refractivity contribution in [2.75, 3.05) is 6.61 Å². The van der Waals surface area contributed by atoms with Gasteiger partial charge in [0.25, 0.3) is 0 Å². The second kappa shape index (κ2) is 8.53. The third-order valence-corrected chi connectivity index (χ3v) is 4.17. The van der Waals surface area contributed by atoms with Gasteiger partial charge in [-0.1, -0.05) is 38.3 Å². The maximum Gasteiger partial charge on any atom is 0.124 e. The second-order valence-corrected chi connectivity index (χ2v) is 5.83. The number of halogens is 1. The van der Waals surface area contributed by atoms with Gasteiger partial charge in [0.05, 0.1) is 6.61 Å². The van der Waals surface area contributed by atoms with Crippen molar-refractivity contribution in [2.45, 2.75) is 58.4 Å². The van der Waals surface area contributed by atoms with E-state index < -0.39 is 0 Å². The van der Waals surface area contributed by atoms with E-state index in [1.807, 2.05) is 6.92 Å². The summed E-state index contributed by atoms with van der Waals surface area (Å²) < 4.78 is 6.06. The van der Waals surface area contributed by atoms with Crippen LogP contribution in [0.3, 0.4) is 0 Å². The maximum absolute atomic E-state index is 6.07. The van der Waals surface area contributed by atoms with E-state index in [4.69, 9.17) is 10.5 Å². The lowest BCUT2D eigenvalue weighted by Gasteiger charge is -2.23. The van der Waals surface area contributed by atoms with E-state index in [0.29, 0.717) is 0 Å². The van der Waals surface area contributed by atoms with Crippen LogP contribution in [0.25, 0.3) is 0 Å². The van der Waals surface area contributed by atoms with E-state index in [0.717, 1.165) is 30.3 Å². The van der Waals surface area contributed by atoms with E-state index in [1.165, 1.54) is 37.7 Å². The Bertz CT molecular complexity index is 400. The molecule has 2 nitrogen and oxygen atoms in total. The molecule has 1 saturated carbocycles. The largest absolute Gasteiger partial charge is 0.493 e. The number of nitrogens with two attached hydrogens (primary N) is 1. The summed E-state index contributed by atoms with van der Waals surface area (Å²) in [5.74, 6) is 1.72. The molecule has 1 fully saturated rings. The Morgan fingerprint density at radius 3 is 2.55 bits per heavy atom. The smallest absolute Gasteiger partial charge is 0.124 e. The van der Waals surface area contributed by atoms with Crippen molar-refractivity contribution in [1.29, 1.82) is 0 Å². The molecule has 3 heteroatoms. The number of benzene rings is 1. The van der Waals surface area contributed by atoms with Gasteiger partial charge in [-0.2, -0.15) is 0 Å². The van der Waals surface area contributed by atoms with Crippen molar-refractivity contribution in [3.63, 3.8) is 0 Å². The molecule has 0 heterocycles. The Hall–Kier alpha value is -0.730. The fourth-order valence-corrected chi connectivity index (χ4v) is 2.87. The number of ether oxygens (including phenoxy) is 1. The fraction of sp³-hybridized carbons (Fsp3) is 0.647. The molecule has 1 aromatic carbocycles. The van der Waals surface area contributed by atoms with Crippen LogP contribution in [-0.4, -0.2) is 6.61 Å². The van der Waals surface area contributed by atoms with Crippen LogP contribution in [-0.2, 0) is 6.42 Å². The Morgan fingerprint density at radius 2 is 1.95 bits per heavy atom. The van der Waals surface area contributed by atoms with Gasteiger partial charge in [-0.25, -0.2) is 0 Å². The predicted octanol–water partition coefficient (Wildman–Crippen LogP) is 4.65. The first-order valence-electron chi connectivity index (χ1n) is 7.72. The van der Waals surface area contributed by atoms with Gasteiger partial charge in [0.2, 0.25) is 0 Å². The first-order valence-corrected chi connectivity index (χ1v) is 7.72. The molecule has 0 saturated heterocycles. The summed E-state index contributed by atoms with van der Waals surface area (Å²) in [5, 5.41) is 0. The van der Waals surface area contributed by atoms with Gasteiger partial charge in [0, 0.05) is 11.6 Å². The standard InChI is InChI=1S/C17H27NO.ClH/c1-3-14-9-10-17(16(11-14)13(2)18)19-12-15-7-5-4-6-8-15;/h9-11,13,15H,3-8,12,18H2,1-2H3;1H. The summed E-state index contributed by atoms with van der Waals surface area (Å²) in [6.07, 6.45) is 7.81. The van der Waals surface area contributed by atoms with Crippen LogP contribution >= 0.6 is 12.4 Å². The molecule has 0 aliphatic heterocycles. The highest BCUT2D eigenvalue weighted by Crippen LogP contribution is 2.28. The van der Waals surface area contributed by atoms with Gasteiger partial charge in [-0.05, 0) is 43.7 Å². The van der Waals surface area contributed by atoms with Crippen molar-refractivity contribution in [1.82, 2.24) is 0 Å². The lowest BCUT2D eigenvalue weighted by atomic mass is 9.90. The summed E-state index contributed by atoms with van der Waals surface area (Å²) in [6.45, 7) is 5.05. The molecule has 1 atom stereocenters. The lowest BCUT2D eigenvalue weighted by molar-refractivity contribution is 0.207. The average Bonchev–Trinajstić information content (AvgIpc) is 2.46. The Balaban J connectivity index is 0.00000200. The quantitative estimate of drug-likeness (QED) is 0.858. The molecule has 20 heavy (non-hydrogen) atoms. The average molecular weight is 298 g/mol. The van der Waals surface area contributed by atoms with Crippen molar-refractivity contribution >= 4 is 12.4 Å². The zero-order valence-electron chi connectivity index (χ0n) is 12.7. The number of hydrogen-bond acceptors (Lipinski definition) is 2. The Labute approximate surface area is 129 Å². The van der Waals surface area contributed by atoms with Crippen LogP contribution < -0.4 is 10.5 Å². The van der Waals surface area contributed by atoms with E-state index in [1.54, 1.807) is 0 Å². The molecule has 0 spiro atoms. The van der Waals surface area contributed by atoms with Crippen molar-refractivity contribution in [3.8, 4) is 5.75 Å². The minimum atomic E-state index is 0. The second-order valence-electron chi connectivity index (χ2n) is 5.83. The molecule has 1 unspecified atom stereocenters. The Kier molecular flexibility index (Phi) is 7.39. The minimum Gasteiger partial charge on any atom is -0.493 e. The highest BCUT2D eigenvalue weighted by molar-refractivity contribution is 5.85. The van der Waals surface area contributed by atoms with Gasteiger partial charge in [0.15, 0.2) is 0 Å². The number of aryl methyl sites for hydroxylation is 1. The normalized spacial score (nSPS) is 17.4. The van der Waals surface area contributed by atoms with Gasteiger partial charge < -0.3 is 10.5 Å². The monoisotopic (exact) mass is 297 g/mol. The fourth-order valence-electron chi connectivity index (χ4n) is 2.87. The summed E-state index contributed by atoms with van der Waals surface area (Å²) in [7, 11) is 0. The van der Waals surface area contributed by atoms with Crippen LogP contribution in [0, 0.1) is 5.92 Å². The van der Waals surface area contributed by atoms with Crippen molar-refractivity contribution in [2.24, 2.45) is 11.7 Å². The zero-order chi connectivity index (χ0) is 13.7. The number of rotatable bonds is 5. The van der Waals surface area contributed by atoms with Crippen LogP contribution in [0.4, 0.5) is 0 Å². The van der Waals surface area contributed by atoms with Crippen molar-refractivity contribution in [3.05, 3.63) is 29.3 Å². The maximum atomic E-state index is 6.07.